The van der Waals surface area contributed by atoms with Crippen LogP contribution in [0.3, 0.4) is 0 Å². The van der Waals surface area contributed by atoms with E-state index in [1.54, 1.807) is 6.20 Å². The zero-order valence-corrected chi connectivity index (χ0v) is 13.1. The molecular weight excluding hydrogens is 285 g/mol. The number of halogens is 1. The topological polar surface area (TPSA) is 54.5 Å². The lowest BCUT2D eigenvalue weighted by atomic mass is 10.0. The molecular formula is C16H24FN3O2. The van der Waals surface area contributed by atoms with Crippen LogP contribution in [0, 0.1) is 5.82 Å². The molecule has 0 unspecified atom stereocenters. The van der Waals surface area contributed by atoms with Crippen molar-refractivity contribution >= 4 is 6.09 Å². The molecule has 0 saturated carbocycles. The summed E-state index contributed by atoms with van der Waals surface area (Å²) in [5.41, 5.74) is 0.849. The van der Waals surface area contributed by atoms with Crippen LogP contribution in [-0.2, 0) is 11.3 Å². The van der Waals surface area contributed by atoms with E-state index in [1.807, 2.05) is 6.92 Å². The van der Waals surface area contributed by atoms with Gasteiger partial charge in [-0.2, -0.15) is 0 Å². The minimum atomic E-state index is -0.361. The predicted molar refractivity (Wildman–Crippen MR) is 81.9 cm³/mol. The lowest BCUT2D eigenvalue weighted by Crippen LogP contribution is -2.43. The Balaban J connectivity index is 1.86. The molecule has 1 aromatic rings. The smallest absolute Gasteiger partial charge is 0.407 e. The zero-order chi connectivity index (χ0) is 15.8. The molecule has 2 rings (SSSR count). The maximum Gasteiger partial charge on any atom is 0.407 e. The number of likely N-dealkylation sites (tertiary alicyclic amines) is 1. The van der Waals surface area contributed by atoms with Gasteiger partial charge in [0.1, 0.15) is 12.4 Å². The third-order valence-corrected chi connectivity index (χ3v) is 3.82. The van der Waals surface area contributed by atoms with Crippen molar-refractivity contribution in [1.82, 2.24) is 15.2 Å². The minimum absolute atomic E-state index is 0.185. The predicted octanol–water partition coefficient (Wildman–Crippen LogP) is 2.71. The number of aromatic nitrogens is 1. The van der Waals surface area contributed by atoms with E-state index >= 15 is 0 Å². The van der Waals surface area contributed by atoms with Crippen LogP contribution in [-0.4, -0.2) is 41.7 Å². The van der Waals surface area contributed by atoms with Gasteiger partial charge in [-0.25, -0.2) is 9.18 Å². The van der Waals surface area contributed by atoms with E-state index in [1.165, 1.54) is 12.3 Å². The summed E-state index contributed by atoms with van der Waals surface area (Å²) in [6, 6.07) is 1.69. The summed E-state index contributed by atoms with van der Waals surface area (Å²) in [6.07, 6.45) is 6.65. The number of hydrogen-bond acceptors (Lipinski definition) is 4. The molecule has 22 heavy (non-hydrogen) atoms. The molecule has 2 heterocycles. The average molecular weight is 309 g/mol. The Morgan fingerprint density at radius 1 is 1.50 bits per heavy atom. The second-order valence-electron chi connectivity index (χ2n) is 5.66. The van der Waals surface area contributed by atoms with Crippen LogP contribution < -0.4 is 5.32 Å². The van der Waals surface area contributed by atoms with Crippen molar-refractivity contribution < 1.29 is 13.9 Å². The SMILES string of the molecule is CCCNC(=O)OC[C@H]1CCCCN1Cc1cncc(F)c1. The van der Waals surface area contributed by atoms with Crippen molar-refractivity contribution in [2.75, 3.05) is 19.7 Å². The molecule has 5 nitrogen and oxygen atoms in total. The lowest BCUT2D eigenvalue weighted by Gasteiger charge is -2.35. The van der Waals surface area contributed by atoms with Crippen molar-refractivity contribution in [3.8, 4) is 0 Å². The van der Waals surface area contributed by atoms with E-state index in [0.29, 0.717) is 19.7 Å². The number of nitrogens with zero attached hydrogens (tertiary/aromatic N) is 2. The third-order valence-electron chi connectivity index (χ3n) is 3.82. The number of amides is 1. The molecule has 0 aliphatic carbocycles. The van der Waals surface area contributed by atoms with Crippen LogP contribution in [0.1, 0.15) is 38.2 Å². The first-order valence-electron chi connectivity index (χ1n) is 7.93. The Morgan fingerprint density at radius 3 is 3.14 bits per heavy atom. The average Bonchev–Trinajstić information content (AvgIpc) is 2.52. The molecule has 1 N–H and O–H groups in total. The molecule has 0 bridgehead atoms. The summed E-state index contributed by atoms with van der Waals surface area (Å²) in [5, 5.41) is 2.70. The summed E-state index contributed by atoms with van der Waals surface area (Å²) in [6.45, 7) is 4.56. The van der Waals surface area contributed by atoms with Gasteiger partial charge < -0.3 is 10.1 Å². The van der Waals surface area contributed by atoms with E-state index in [2.05, 4.69) is 15.2 Å². The van der Waals surface area contributed by atoms with E-state index < -0.39 is 0 Å². The van der Waals surface area contributed by atoms with Gasteiger partial charge >= 0.3 is 6.09 Å². The van der Waals surface area contributed by atoms with Crippen LogP contribution in [0.4, 0.5) is 9.18 Å². The van der Waals surface area contributed by atoms with Gasteiger partial charge in [-0.15, -0.1) is 0 Å². The van der Waals surface area contributed by atoms with Crippen LogP contribution >= 0.6 is 0 Å². The molecule has 122 valence electrons. The van der Waals surface area contributed by atoms with Gasteiger partial charge in [-0.3, -0.25) is 9.88 Å². The molecule has 0 spiro atoms. The molecule has 1 aliphatic rings. The second-order valence-corrected chi connectivity index (χ2v) is 5.66. The Hall–Kier alpha value is -1.69. The highest BCUT2D eigenvalue weighted by molar-refractivity contribution is 5.67. The number of hydrogen-bond donors (Lipinski definition) is 1. The summed E-state index contributed by atoms with van der Waals surface area (Å²) in [4.78, 5) is 17.7. The largest absolute Gasteiger partial charge is 0.448 e. The van der Waals surface area contributed by atoms with Gasteiger partial charge in [0.15, 0.2) is 0 Å². The monoisotopic (exact) mass is 309 g/mol. The number of piperidine rings is 1. The summed E-state index contributed by atoms with van der Waals surface area (Å²) >= 11 is 0. The Morgan fingerprint density at radius 2 is 2.36 bits per heavy atom. The van der Waals surface area contributed by atoms with Crippen molar-refractivity contribution in [1.29, 1.82) is 0 Å². The third kappa shape index (κ3) is 5.26. The molecule has 0 aromatic carbocycles. The fourth-order valence-corrected chi connectivity index (χ4v) is 2.68. The second kappa shape index (κ2) is 8.68. The summed E-state index contributed by atoms with van der Waals surface area (Å²) in [5.74, 6) is -0.318. The van der Waals surface area contributed by atoms with Gasteiger partial charge in [0.2, 0.25) is 0 Å². The van der Waals surface area contributed by atoms with Gasteiger partial charge in [0.25, 0.3) is 0 Å². The first-order valence-corrected chi connectivity index (χ1v) is 7.93. The van der Waals surface area contributed by atoms with Crippen LogP contribution in [0.15, 0.2) is 18.5 Å². The number of rotatable bonds is 6. The molecule has 1 amide bonds. The Labute approximate surface area is 130 Å². The maximum absolute atomic E-state index is 13.2. The Bertz CT molecular complexity index is 484. The fraction of sp³-hybridized carbons (Fsp3) is 0.625. The first-order chi connectivity index (χ1) is 10.7. The lowest BCUT2D eigenvalue weighted by molar-refractivity contribution is 0.0639. The van der Waals surface area contributed by atoms with Gasteiger partial charge in [-0.05, 0) is 37.4 Å². The maximum atomic E-state index is 13.2. The van der Waals surface area contributed by atoms with Crippen molar-refractivity contribution in [2.24, 2.45) is 0 Å². The van der Waals surface area contributed by atoms with Crippen molar-refractivity contribution in [3.63, 3.8) is 0 Å². The quantitative estimate of drug-likeness (QED) is 0.878. The van der Waals surface area contributed by atoms with Gasteiger partial charge in [0, 0.05) is 25.3 Å². The normalized spacial score (nSPS) is 18.9. The van der Waals surface area contributed by atoms with Gasteiger partial charge in [0.05, 0.1) is 6.20 Å². The van der Waals surface area contributed by atoms with Crippen molar-refractivity contribution in [3.05, 3.63) is 29.8 Å². The number of nitrogens with one attached hydrogen (secondary N) is 1. The molecule has 0 radical (unpaired) electrons. The summed E-state index contributed by atoms with van der Waals surface area (Å²) in [7, 11) is 0. The Kier molecular flexibility index (Phi) is 6.58. The number of ether oxygens (including phenoxy) is 1. The molecule has 1 atom stereocenters. The van der Waals surface area contributed by atoms with Crippen LogP contribution in [0.2, 0.25) is 0 Å². The van der Waals surface area contributed by atoms with E-state index in [-0.39, 0.29) is 18.0 Å². The van der Waals surface area contributed by atoms with Crippen LogP contribution in [0.25, 0.3) is 0 Å². The standard InChI is InChI=1S/C16H24FN3O2/c1-2-6-19-16(21)22-12-15-5-3-4-7-20(15)11-13-8-14(17)10-18-9-13/h8-10,15H,2-7,11-12H2,1H3,(H,19,21)/t15-/m1/s1. The number of pyridine rings is 1. The number of alkyl carbamates (subject to hydrolysis) is 1. The molecule has 6 heteroatoms. The van der Waals surface area contributed by atoms with E-state index in [4.69, 9.17) is 4.74 Å². The van der Waals surface area contributed by atoms with Crippen LogP contribution in [0.5, 0.6) is 0 Å². The minimum Gasteiger partial charge on any atom is -0.448 e. The molecule has 1 saturated heterocycles. The highest BCUT2D eigenvalue weighted by Crippen LogP contribution is 2.20. The molecule has 1 aliphatic heterocycles. The highest BCUT2D eigenvalue weighted by Gasteiger charge is 2.24. The van der Waals surface area contributed by atoms with E-state index in [9.17, 15) is 9.18 Å². The number of carbonyl (C=O) groups is 1. The fourth-order valence-electron chi connectivity index (χ4n) is 2.68. The highest BCUT2D eigenvalue weighted by atomic mass is 19.1. The zero-order valence-electron chi connectivity index (χ0n) is 13.1. The van der Waals surface area contributed by atoms with Gasteiger partial charge in [-0.1, -0.05) is 13.3 Å². The number of carbonyl (C=O) groups excluding carboxylic acids is 1. The summed E-state index contributed by atoms with van der Waals surface area (Å²) < 4.78 is 18.5. The van der Waals surface area contributed by atoms with E-state index in [0.717, 1.165) is 37.8 Å². The first kappa shape index (κ1) is 16.7. The molecule has 1 aromatic heterocycles. The van der Waals surface area contributed by atoms with Crippen molar-refractivity contribution in [2.45, 2.75) is 45.2 Å². The molecule has 1 fully saturated rings.